The molecule has 1 aliphatic heterocycles. The zero-order valence-corrected chi connectivity index (χ0v) is 7.94. The van der Waals surface area contributed by atoms with E-state index in [0.717, 1.165) is 19.4 Å². The first kappa shape index (κ1) is 9.01. The van der Waals surface area contributed by atoms with Gasteiger partial charge < -0.3 is 9.47 Å². The Labute approximate surface area is 68.9 Å². The van der Waals surface area contributed by atoms with Crippen LogP contribution in [0, 0.1) is 5.41 Å². The summed E-state index contributed by atoms with van der Waals surface area (Å²) >= 11 is 0. The molecule has 0 amide bonds. The lowest BCUT2D eigenvalue weighted by atomic mass is 9.79. The topological polar surface area (TPSA) is 18.5 Å². The van der Waals surface area contributed by atoms with Gasteiger partial charge in [0.1, 0.15) is 0 Å². The molecule has 0 aromatic heterocycles. The van der Waals surface area contributed by atoms with Gasteiger partial charge in [-0.05, 0) is 19.8 Å². The van der Waals surface area contributed by atoms with Crippen molar-refractivity contribution in [1.29, 1.82) is 0 Å². The minimum atomic E-state index is -0.359. The summed E-state index contributed by atoms with van der Waals surface area (Å²) in [5, 5.41) is 0. The fourth-order valence-electron chi connectivity index (χ4n) is 1.68. The first-order chi connectivity index (χ1) is 5.08. The molecule has 11 heavy (non-hydrogen) atoms. The lowest BCUT2D eigenvalue weighted by molar-refractivity contribution is -0.229. The maximum atomic E-state index is 5.57. The molecule has 0 N–H and O–H groups in total. The zero-order chi connectivity index (χ0) is 8.54. The summed E-state index contributed by atoms with van der Waals surface area (Å²) in [6.45, 7) is 7.27. The Balaban J connectivity index is 2.79. The van der Waals surface area contributed by atoms with Crippen molar-refractivity contribution < 1.29 is 9.47 Å². The van der Waals surface area contributed by atoms with Gasteiger partial charge >= 0.3 is 0 Å². The Morgan fingerprint density at radius 2 is 2.09 bits per heavy atom. The second-order valence-corrected chi connectivity index (χ2v) is 3.66. The van der Waals surface area contributed by atoms with E-state index >= 15 is 0 Å². The van der Waals surface area contributed by atoms with Crippen molar-refractivity contribution in [2.24, 2.45) is 5.41 Å². The Morgan fingerprint density at radius 3 is 2.45 bits per heavy atom. The van der Waals surface area contributed by atoms with Gasteiger partial charge in [0.2, 0.25) is 0 Å². The van der Waals surface area contributed by atoms with Gasteiger partial charge in [0.15, 0.2) is 5.79 Å². The summed E-state index contributed by atoms with van der Waals surface area (Å²) in [6.07, 6.45) is 2.21. The molecule has 1 fully saturated rings. The minimum Gasteiger partial charge on any atom is -0.353 e. The van der Waals surface area contributed by atoms with Crippen LogP contribution in [0.1, 0.15) is 33.6 Å². The van der Waals surface area contributed by atoms with Crippen molar-refractivity contribution in [1.82, 2.24) is 0 Å². The maximum Gasteiger partial charge on any atom is 0.170 e. The van der Waals surface area contributed by atoms with Crippen LogP contribution < -0.4 is 0 Å². The third-order valence-corrected chi connectivity index (χ3v) is 3.30. The molecule has 0 bridgehead atoms. The van der Waals surface area contributed by atoms with E-state index in [9.17, 15) is 0 Å². The predicted molar refractivity (Wildman–Crippen MR) is 44.4 cm³/mol. The normalized spacial score (nSPS) is 44.7. The summed E-state index contributed by atoms with van der Waals surface area (Å²) in [7, 11) is 1.72. The highest BCUT2D eigenvalue weighted by atomic mass is 16.7. The van der Waals surface area contributed by atoms with Crippen LogP contribution >= 0.6 is 0 Å². The molecule has 0 spiro atoms. The standard InChI is InChI=1S/C9H18O2/c1-5-8(2)6-7-11-9(8,3)10-4/h5-7H2,1-4H3/t8-,9+/m0/s1. The van der Waals surface area contributed by atoms with E-state index in [4.69, 9.17) is 9.47 Å². The van der Waals surface area contributed by atoms with Crippen LogP contribution in [-0.4, -0.2) is 19.5 Å². The van der Waals surface area contributed by atoms with Crippen molar-refractivity contribution in [2.75, 3.05) is 13.7 Å². The van der Waals surface area contributed by atoms with Crippen molar-refractivity contribution in [3.8, 4) is 0 Å². The van der Waals surface area contributed by atoms with Crippen LogP contribution in [-0.2, 0) is 9.47 Å². The van der Waals surface area contributed by atoms with Crippen LogP contribution in [0.3, 0.4) is 0 Å². The molecule has 2 nitrogen and oxygen atoms in total. The third kappa shape index (κ3) is 1.18. The van der Waals surface area contributed by atoms with Crippen molar-refractivity contribution in [2.45, 2.75) is 39.4 Å². The number of hydrogen-bond acceptors (Lipinski definition) is 2. The molecular formula is C9H18O2. The van der Waals surface area contributed by atoms with Crippen LogP contribution in [0.4, 0.5) is 0 Å². The second kappa shape index (κ2) is 2.76. The van der Waals surface area contributed by atoms with E-state index in [0.29, 0.717) is 0 Å². The molecule has 2 atom stereocenters. The molecule has 0 radical (unpaired) electrons. The van der Waals surface area contributed by atoms with E-state index in [1.54, 1.807) is 7.11 Å². The molecule has 0 aliphatic carbocycles. The van der Waals surface area contributed by atoms with Gasteiger partial charge in [-0.25, -0.2) is 0 Å². The van der Waals surface area contributed by atoms with E-state index in [-0.39, 0.29) is 11.2 Å². The predicted octanol–water partition coefficient (Wildman–Crippen LogP) is 2.19. The summed E-state index contributed by atoms with van der Waals surface area (Å²) in [5.74, 6) is -0.359. The maximum absolute atomic E-state index is 5.57. The van der Waals surface area contributed by atoms with E-state index in [1.165, 1.54) is 0 Å². The van der Waals surface area contributed by atoms with Crippen molar-refractivity contribution in [3.63, 3.8) is 0 Å². The molecule has 0 unspecified atom stereocenters. The lowest BCUT2D eigenvalue weighted by Gasteiger charge is -2.37. The van der Waals surface area contributed by atoms with Crippen molar-refractivity contribution >= 4 is 0 Å². The fourth-order valence-corrected chi connectivity index (χ4v) is 1.68. The Bertz CT molecular complexity index is 130. The van der Waals surface area contributed by atoms with E-state index in [2.05, 4.69) is 13.8 Å². The number of rotatable bonds is 2. The number of hydrogen-bond donors (Lipinski definition) is 0. The van der Waals surface area contributed by atoms with Crippen LogP contribution in [0.15, 0.2) is 0 Å². The first-order valence-corrected chi connectivity index (χ1v) is 4.27. The highest BCUT2D eigenvalue weighted by molar-refractivity contribution is 4.91. The molecule has 1 rings (SSSR count). The van der Waals surface area contributed by atoms with Gasteiger partial charge in [-0.1, -0.05) is 13.8 Å². The smallest absolute Gasteiger partial charge is 0.170 e. The number of ether oxygens (including phenoxy) is 2. The molecule has 2 heteroatoms. The Kier molecular flexibility index (Phi) is 2.26. The highest BCUT2D eigenvalue weighted by Gasteiger charge is 2.49. The van der Waals surface area contributed by atoms with Gasteiger partial charge in [0.25, 0.3) is 0 Å². The molecule has 0 saturated carbocycles. The molecule has 1 aliphatic rings. The molecule has 1 heterocycles. The molecule has 0 aromatic carbocycles. The van der Waals surface area contributed by atoms with Crippen LogP contribution in [0.5, 0.6) is 0 Å². The molecule has 0 aromatic rings. The van der Waals surface area contributed by atoms with Gasteiger partial charge in [0.05, 0.1) is 6.61 Å². The average Bonchev–Trinajstić information content (AvgIpc) is 2.31. The molecular weight excluding hydrogens is 140 g/mol. The zero-order valence-electron chi connectivity index (χ0n) is 7.94. The van der Waals surface area contributed by atoms with Gasteiger partial charge in [0, 0.05) is 12.5 Å². The van der Waals surface area contributed by atoms with Gasteiger partial charge in [-0.3, -0.25) is 0 Å². The molecule has 66 valence electrons. The Morgan fingerprint density at radius 1 is 1.45 bits per heavy atom. The summed E-state index contributed by atoms with van der Waals surface area (Å²) in [4.78, 5) is 0. The monoisotopic (exact) mass is 158 g/mol. The largest absolute Gasteiger partial charge is 0.353 e. The summed E-state index contributed by atoms with van der Waals surface area (Å²) < 4.78 is 11.0. The minimum absolute atomic E-state index is 0.196. The van der Waals surface area contributed by atoms with Gasteiger partial charge in [-0.15, -0.1) is 0 Å². The number of methoxy groups -OCH3 is 1. The Hall–Kier alpha value is -0.0800. The quantitative estimate of drug-likeness (QED) is 0.613. The SMILES string of the molecule is CC[C@@]1(C)CCO[C@@]1(C)OC. The average molecular weight is 158 g/mol. The summed E-state index contributed by atoms with van der Waals surface area (Å²) in [6, 6.07) is 0. The van der Waals surface area contributed by atoms with Crippen LogP contribution in [0.2, 0.25) is 0 Å². The molecule has 1 saturated heterocycles. The summed E-state index contributed by atoms with van der Waals surface area (Å²) in [5.41, 5.74) is 0.196. The third-order valence-electron chi connectivity index (χ3n) is 3.30. The fraction of sp³-hybridized carbons (Fsp3) is 1.00. The lowest BCUT2D eigenvalue weighted by Crippen LogP contribution is -2.41. The van der Waals surface area contributed by atoms with E-state index < -0.39 is 0 Å². The second-order valence-electron chi connectivity index (χ2n) is 3.66. The van der Waals surface area contributed by atoms with E-state index in [1.807, 2.05) is 6.92 Å². The highest BCUT2D eigenvalue weighted by Crippen LogP contribution is 2.45. The van der Waals surface area contributed by atoms with Crippen LogP contribution in [0.25, 0.3) is 0 Å². The first-order valence-electron chi connectivity index (χ1n) is 4.27. The van der Waals surface area contributed by atoms with Gasteiger partial charge in [-0.2, -0.15) is 0 Å². The van der Waals surface area contributed by atoms with Crippen molar-refractivity contribution in [3.05, 3.63) is 0 Å².